The molecule has 4 aromatic rings. The van der Waals surface area contributed by atoms with E-state index in [-0.39, 0.29) is 30.2 Å². The zero-order valence-electron chi connectivity index (χ0n) is 32.1. The van der Waals surface area contributed by atoms with Gasteiger partial charge in [-0.25, -0.2) is 0 Å². The molecule has 0 bridgehead atoms. The highest BCUT2D eigenvalue weighted by Crippen LogP contribution is 2.23. The minimum absolute atomic E-state index is 0.0883. The summed E-state index contributed by atoms with van der Waals surface area (Å²) in [6, 6.07) is 34.2. The number of anilines is 2. The highest BCUT2D eigenvalue weighted by molar-refractivity contribution is 5.96. The molecule has 0 radical (unpaired) electrons. The lowest BCUT2D eigenvalue weighted by Crippen LogP contribution is -2.56. The summed E-state index contributed by atoms with van der Waals surface area (Å²) in [6.07, 6.45) is 3.62. The van der Waals surface area contributed by atoms with E-state index in [2.05, 4.69) is 33.3 Å². The van der Waals surface area contributed by atoms with Gasteiger partial charge in [-0.1, -0.05) is 66.7 Å². The van der Waals surface area contributed by atoms with Crippen LogP contribution in [0.5, 0.6) is 0 Å². The third-order valence-electron chi connectivity index (χ3n) is 10.4. The summed E-state index contributed by atoms with van der Waals surface area (Å²) in [6.45, 7) is 9.29. The number of carbonyl (C=O) groups is 4. The predicted molar refractivity (Wildman–Crippen MR) is 218 cm³/mol. The Bertz CT molecular complexity index is 2030. The average molecular weight is 752 g/mol. The number of hydrogen-bond acceptors (Lipinski definition) is 7. The SMILES string of the molecule is CC(=O)Nc1ccc(/C=C/C(=O)N(Cc2ccc(N3CCN(C(C)=O)CC3)cc2)[C@@H](Cc2ccccc2)C(=O)N2CCN(Cc3ccc(C#N)cc3)CC2)cc1. The number of nitriles is 1. The average Bonchev–Trinajstić information content (AvgIpc) is 3.22. The van der Waals surface area contributed by atoms with Crippen molar-refractivity contribution in [3.05, 3.63) is 137 Å². The van der Waals surface area contributed by atoms with Crippen molar-refractivity contribution in [3.8, 4) is 6.07 Å². The van der Waals surface area contributed by atoms with Crippen LogP contribution < -0.4 is 10.2 Å². The summed E-state index contributed by atoms with van der Waals surface area (Å²) in [5.41, 5.74) is 6.10. The third kappa shape index (κ3) is 10.7. The lowest BCUT2D eigenvalue weighted by Gasteiger charge is -2.39. The molecule has 11 nitrogen and oxygen atoms in total. The molecule has 2 heterocycles. The van der Waals surface area contributed by atoms with Gasteiger partial charge in [0, 0.05) is 103 Å². The Morgan fingerprint density at radius 2 is 1.36 bits per heavy atom. The largest absolute Gasteiger partial charge is 0.368 e. The smallest absolute Gasteiger partial charge is 0.247 e. The maximum Gasteiger partial charge on any atom is 0.247 e. The molecule has 11 heteroatoms. The number of benzene rings is 4. The van der Waals surface area contributed by atoms with Crippen LogP contribution in [0.2, 0.25) is 0 Å². The van der Waals surface area contributed by atoms with Gasteiger partial charge >= 0.3 is 0 Å². The van der Waals surface area contributed by atoms with E-state index < -0.39 is 6.04 Å². The van der Waals surface area contributed by atoms with E-state index in [1.165, 1.54) is 13.0 Å². The summed E-state index contributed by atoms with van der Waals surface area (Å²) in [4.78, 5) is 62.5. The Morgan fingerprint density at radius 1 is 0.732 bits per heavy atom. The molecule has 56 heavy (non-hydrogen) atoms. The molecule has 4 aromatic carbocycles. The second kappa shape index (κ2) is 18.9. The second-order valence-electron chi connectivity index (χ2n) is 14.4. The van der Waals surface area contributed by atoms with Crippen LogP contribution in [-0.2, 0) is 38.7 Å². The van der Waals surface area contributed by atoms with Crippen molar-refractivity contribution < 1.29 is 19.2 Å². The van der Waals surface area contributed by atoms with Crippen molar-refractivity contribution in [2.24, 2.45) is 0 Å². The molecule has 2 aliphatic heterocycles. The highest BCUT2D eigenvalue weighted by Gasteiger charge is 2.34. The zero-order chi connectivity index (χ0) is 39.4. The van der Waals surface area contributed by atoms with Crippen molar-refractivity contribution in [1.82, 2.24) is 19.6 Å². The van der Waals surface area contributed by atoms with Crippen LogP contribution in [0, 0.1) is 11.3 Å². The fraction of sp³-hybridized carbons (Fsp3) is 0.311. The molecular formula is C45H49N7O4. The highest BCUT2D eigenvalue weighted by atomic mass is 16.2. The molecule has 4 amide bonds. The molecule has 0 saturated carbocycles. The van der Waals surface area contributed by atoms with Crippen molar-refractivity contribution in [1.29, 1.82) is 5.26 Å². The summed E-state index contributed by atoms with van der Waals surface area (Å²) in [7, 11) is 0. The molecule has 0 aromatic heterocycles. The van der Waals surface area contributed by atoms with Gasteiger partial charge in [0.2, 0.25) is 23.6 Å². The first kappa shape index (κ1) is 39.4. The van der Waals surface area contributed by atoms with E-state index in [4.69, 9.17) is 0 Å². The molecule has 1 atom stereocenters. The molecule has 2 fully saturated rings. The van der Waals surface area contributed by atoms with Crippen LogP contribution in [0.1, 0.15) is 41.7 Å². The normalized spacial score (nSPS) is 15.3. The molecule has 2 aliphatic rings. The predicted octanol–water partition coefficient (Wildman–Crippen LogP) is 5.18. The van der Waals surface area contributed by atoms with Gasteiger partial charge in [0.25, 0.3) is 0 Å². The van der Waals surface area contributed by atoms with Crippen LogP contribution in [0.25, 0.3) is 6.08 Å². The van der Waals surface area contributed by atoms with Crippen LogP contribution in [0.3, 0.4) is 0 Å². The quantitative estimate of drug-likeness (QED) is 0.198. The first-order valence-corrected chi connectivity index (χ1v) is 19.1. The zero-order valence-corrected chi connectivity index (χ0v) is 32.1. The first-order chi connectivity index (χ1) is 27.1. The number of hydrogen-bond donors (Lipinski definition) is 1. The maximum absolute atomic E-state index is 14.7. The Balaban J connectivity index is 1.24. The Labute approximate surface area is 329 Å². The molecule has 288 valence electrons. The number of nitrogens with one attached hydrogen (secondary N) is 1. The van der Waals surface area contributed by atoms with Gasteiger partial charge < -0.3 is 24.9 Å². The number of carbonyl (C=O) groups excluding carboxylic acids is 4. The summed E-state index contributed by atoms with van der Waals surface area (Å²) < 4.78 is 0. The topological polar surface area (TPSA) is 120 Å². The van der Waals surface area contributed by atoms with Gasteiger partial charge in [-0.15, -0.1) is 0 Å². The maximum atomic E-state index is 14.7. The number of piperazine rings is 2. The molecule has 0 spiro atoms. The monoisotopic (exact) mass is 751 g/mol. The van der Waals surface area contributed by atoms with E-state index in [1.54, 1.807) is 30.0 Å². The summed E-state index contributed by atoms with van der Waals surface area (Å²) in [5.74, 6) is -0.447. The van der Waals surface area contributed by atoms with Gasteiger partial charge in [0.1, 0.15) is 6.04 Å². The van der Waals surface area contributed by atoms with E-state index >= 15 is 0 Å². The van der Waals surface area contributed by atoms with Crippen LogP contribution in [0.15, 0.2) is 109 Å². The molecule has 0 unspecified atom stereocenters. The molecule has 2 saturated heterocycles. The van der Waals surface area contributed by atoms with Gasteiger partial charge in [-0.05, 0) is 64.7 Å². The second-order valence-corrected chi connectivity index (χ2v) is 14.4. The lowest BCUT2D eigenvalue weighted by molar-refractivity contribution is -0.145. The van der Waals surface area contributed by atoms with Crippen molar-refractivity contribution >= 4 is 41.1 Å². The van der Waals surface area contributed by atoms with Gasteiger partial charge in [-0.2, -0.15) is 5.26 Å². The molecule has 6 rings (SSSR count). The van der Waals surface area contributed by atoms with Crippen LogP contribution in [0.4, 0.5) is 11.4 Å². The Hall–Kier alpha value is -6.25. The van der Waals surface area contributed by atoms with Gasteiger partial charge in [0.15, 0.2) is 0 Å². The Kier molecular flexibility index (Phi) is 13.3. The standard InChI is InChI=1S/C45H49N7O4/c1-34(53)47-41-17-12-36(13-18-41)16-21-44(55)52(33-40-14-19-42(20-15-40)50-28-26-49(27-29-50)35(2)54)43(30-37-6-4-3-5-7-37)45(56)51-24-22-48(23-25-51)32-39-10-8-38(31-46)9-11-39/h3-21,43H,22-30,32-33H2,1-2H3,(H,47,53)/b21-16+/t43-/m0/s1. The third-order valence-corrected chi connectivity index (χ3v) is 10.4. The van der Waals surface area contributed by atoms with Gasteiger partial charge in [0.05, 0.1) is 11.6 Å². The van der Waals surface area contributed by atoms with Crippen LogP contribution >= 0.6 is 0 Å². The van der Waals surface area contributed by atoms with Crippen LogP contribution in [-0.4, -0.2) is 102 Å². The van der Waals surface area contributed by atoms with E-state index in [1.807, 2.05) is 88.7 Å². The van der Waals surface area contributed by atoms with E-state index in [9.17, 15) is 24.4 Å². The van der Waals surface area contributed by atoms with E-state index in [0.717, 1.165) is 47.6 Å². The van der Waals surface area contributed by atoms with E-state index in [0.29, 0.717) is 56.9 Å². The van der Waals surface area contributed by atoms with Crippen molar-refractivity contribution in [2.75, 3.05) is 62.6 Å². The summed E-state index contributed by atoms with van der Waals surface area (Å²) >= 11 is 0. The number of rotatable bonds is 12. The minimum atomic E-state index is -0.763. The fourth-order valence-corrected chi connectivity index (χ4v) is 7.22. The van der Waals surface area contributed by atoms with Crippen molar-refractivity contribution in [2.45, 2.75) is 39.4 Å². The first-order valence-electron chi connectivity index (χ1n) is 19.1. The van der Waals surface area contributed by atoms with Crippen molar-refractivity contribution in [3.63, 3.8) is 0 Å². The minimum Gasteiger partial charge on any atom is -0.368 e. The Morgan fingerprint density at radius 3 is 1.96 bits per heavy atom. The molecule has 1 N–H and O–H groups in total. The molecule has 0 aliphatic carbocycles. The van der Waals surface area contributed by atoms with Gasteiger partial charge in [-0.3, -0.25) is 24.1 Å². The number of amides is 4. The molecular weight excluding hydrogens is 703 g/mol. The lowest BCUT2D eigenvalue weighted by atomic mass is 10.0. The summed E-state index contributed by atoms with van der Waals surface area (Å²) in [5, 5.41) is 11.9. The number of nitrogens with zero attached hydrogens (tertiary/aromatic N) is 6. The fourth-order valence-electron chi connectivity index (χ4n) is 7.22.